The molecule has 0 amide bonds. The summed E-state index contributed by atoms with van der Waals surface area (Å²) in [4.78, 5) is 52.1. The molecule has 3 atom stereocenters. The molecule has 2 aromatic carbocycles. The van der Waals surface area contributed by atoms with Crippen LogP contribution in [0.4, 0.5) is 0 Å². The molecular weight excluding hydrogens is 584 g/mol. The molecule has 1 aromatic heterocycles. The van der Waals surface area contributed by atoms with E-state index >= 15 is 0 Å². The van der Waals surface area contributed by atoms with Crippen LogP contribution in [0.15, 0.2) is 58.2 Å². The highest BCUT2D eigenvalue weighted by molar-refractivity contribution is 6.35. The van der Waals surface area contributed by atoms with E-state index in [0.29, 0.717) is 0 Å². The van der Waals surface area contributed by atoms with Gasteiger partial charge in [0.1, 0.15) is 33.6 Å². The molecule has 0 unspecified atom stereocenters. The topological polar surface area (TPSA) is 159 Å². The predicted octanol–water partition coefficient (Wildman–Crippen LogP) is 5.40. The second kappa shape index (κ2) is 11.1. The number of carboxylic acids is 1. The van der Waals surface area contributed by atoms with Crippen molar-refractivity contribution >= 4 is 35.1 Å². The average molecular weight is 611 g/mol. The predicted molar refractivity (Wildman–Crippen MR) is 151 cm³/mol. The number of fused-ring (bicyclic) bond motifs is 1. The van der Waals surface area contributed by atoms with Crippen LogP contribution >= 0.6 is 11.6 Å². The summed E-state index contributed by atoms with van der Waals surface area (Å²) in [7, 11) is 3.89. The van der Waals surface area contributed by atoms with Gasteiger partial charge < -0.3 is 33.6 Å². The number of aliphatic hydroxyl groups excluding tert-OH is 1. The number of benzene rings is 2. The van der Waals surface area contributed by atoms with E-state index in [4.69, 9.17) is 35.0 Å². The molecule has 12 heteroatoms. The third-order valence-electron chi connectivity index (χ3n) is 7.85. The summed E-state index contributed by atoms with van der Waals surface area (Å²) in [5.74, 6) is -5.54. The maximum absolute atomic E-state index is 14.1. The van der Waals surface area contributed by atoms with E-state index in [2.05, 4.69) is 0 Å². The van der Waals surface area contributed by atoms with Gasteiger partial charge in [-0.3, -0.25) is 14.4 Å². The number of rotatable bonds is 8. The van der Waals surface area contributed by atoms with Crippen LogP contribution in [-0.2, 0) is 14.3 Å². The van der Waals surface area contributed by atoms with Crippen molar-refractivity contribution in [3.8, 4) is 28.6 Å². The quantitative estimate of drug-likeness (QED) is 0.315. The smallest absolute Gasteiger partial charge is 0.336 e. The Hall–Kier alpha value is -4.77. The molecule has 1 spiro atoms. The fourth-order valence-electron chi connectivity index (χ4n) is 5.70. The van der Waals surface area contributed by atoms with Crippen molar-refractivity contribution in [3.05, 3.63) is 75.7 Å². The fraction of sp³-hybridized carbons (Fsp3) is 0.290. The third kappa shape index (κ3) is 4.60. The van der Waals surface area contributed by atoms with Gasteiger partial charge in [0, 0.05) is 29.5 Å². The summed E-state index contributed by atoms with van der Waals surface area (Å²) in [6.07, 6.45) is -0.679. The summed E-state index contributed by atoms with van der Waals surface area (Å²) >= 11 is 6.51. The van der Waals surface area contributed by atoms with Crippen molar-refractivity contribution < 1.29 is 52.8 Å². The van der Waals surface area contributed by atoms with E-state index in [-0.39, 0.29) is 62.5 Å². The second-order valence-corrected chi connectivity index (χ2v) is 10.5. The van der Waals surface area contributed by atoms with Crippen molar-refractivity contribution in [2.75, 3.05) is 21.3 Å². The van der Waals surface area contributed by atoms with E-state index < -0.39 is 53.1 Å². The first-order chi connectivity index (χ1) is 20.5. The summed E-state index contributed by atoms with van der Waals surface area (Å²) in [6, 6.07) is 10.5. The van der Waals surface area contributed by atoms with Gasteiger partial charge >= 0.3 is 11.9 Å². The maximum atomic E-state index is 14.1. The summed E-state index contributed by atoms with van der Waals surface area (Å²) < 4.78 is 27.8. The van der Waals surface area contributed by atoms with Gasteiger partial charge in [-0.05, 0) is 18.2 Å². The number of carboxylic acid groups (broad SMARTS) is 1. The molecular formula is C31H27ClO11. The largest absolute Gasteiger partial charge is 0.507 e. The molecule has 0 saturated heterocycles. The molecule has 0 fully saturated rings. The number of aromatic carboxylic acids is 1. The fourth-order valence-corrected chi connectivity index (χ4v) is 5.97. The van der Waals surface area contributed by atoms with Crippen molar-refractivity contribution in [2.24, 2.45) is 5.92 Å². The van der Waals surface area contributed by atoms with E-state index in [1.165, 1.54) is 45.6 Å². The lowest BCUT2D eigenvalue weighted by molar-refractivity contribution is -0.141. The van der Waals surface area contributed by atoms with Gasteiger partial charge in [-0.1, -0.05) is 36.7 Å². The van der Waals surface area contributed by atoms with Gasteiger partial charge in [-0.2, -0.15) is 0 Å². The highest BCUT2D eigenvalue weighted by Crippen LogP contribution is 2.56. The van der Waals surface area contributed by atoms with Crippen LogP contribution < -0.4 is 14.2 Å². The van der Waals surface area contributed by atoms with E-state index in [1.54, 1.807) is 25.1 Å². The first kappa shape index (κ1) is 29.7. The number of hydrogen-bond acceptors (Lipinski definition) is 10. The molecule has 224 valence electrons. The Labute approximate surface area is 250 Å². The van der Waals surface area contributed by atoms with Gasteiger partial charge in [0.25, 0.3) is 0 Å². The zero-order chi connectivity index (χ0) is 31.2. The normalized spacial score (nSPS) is 20.1. The minimum Gasteiger partial charge on any atom is -0.507 e. The lowest BCUT2D eigenvalue weighted by atomic mass is 9.69. The first-order valence-corrected chi connectivity index (χ1v) is 13.5. The molecule has 1 aliphatic heterocycles. The maximum Gasteiger partial charge on any atom is 0.336 e. The summed E-state index contributed by atoms with van der Waals surface area (Å²) in [5, 5.41) is 21.5. The van der Waals surface area contributed by atoms with Gasteiger partial charge in [-0.25, -0.2) is 4.79 Å². The highest BCUT2D eigenvalue weighted by atomic mass is 35.5. The van der Waals surface area contributed by atoms with Crippen LogP contribution in [0, 0.1) is 5.92 Å². The Morgan fingerprint density at radius 2 is 1.79 bits per heavy atom. The van der Waals surface area contributed by atoms with Crippen molar-refractivity contribution in [1.29, 1.82) is 0 Å². The Morgan fingerprint density at radius 1 is 1.09 bits per heavy atom. The lowest BCUT2D eigenvalue weighted by Gasteiger charge is -2.38. The number of carbonyl (C=O) groups is 4. The van der Waals surface area contributed by atoms with Crippen molar-refractivity contribution in [2.45, 2.75) is 31.3 Å². The molecule has 0 radical (unpaired) electrons. The first-order valence-electron chi connectivity index (χ1n) is 13.1. The van der Waals surface area contributed by atoms with Crippen LogP contribution in [0.1, 0.15) is 52.2 Å². The molecule has 2 N–H and O–H groups in total. The third-order valence-corrected chi connectivity index (χ3v) is 8.21. The number of ketones is 2. The van der Waals surface area contributed by atoms with Crippen molar-refractivity contribution in [1.82, 2.24) is 0 Å². The number of furan rings is 1. The number of aliphatic hydroxyl groups is 1. The number of hydrogen-bond donors (Lipinski definition) is 2. The van der Waals surface area contributed by atoms with Gasteiger partial charge in [0.15, 0.2) is 17.3 Å². The number of Topliss-reactive ketones (excluding diaryl/α,β-unsaturated/α-hetero) is 2. The minimum atomic E-state index is -2.07. The molecule has 3 aromatic rings. The number of halogens is 1. The van der Waals surface area contributed by atoms with Crippen LogP contribution in [0.25, 0.3) is 11.3 Å². The number of allylic oxidation sites excluding steroid dienone is 1. The highest BCUT2D eigenvalue weighted by Gasteiger charge is 2.61. The number of methoxy groups -OCH3 is 3. The monoisotopic (exact) mass is 610 g/mol. The van der Waals surface area contributed by atoms with E-state index in [1.807, 2.05) is 0 Å². The molecule has 43 heavy (non-hydrogen) atoms. The molecule has 0 bridgehead atoms. The van der Waals surface area contributed by atoms with Gasteiger partial charge in [0.2, 0.25) is 11.4 Å². The SMILES string of the molecule is COC(=O)C[C@@H](C1=C(O)[C@@]2(Oc3c(Cl)c(OC)cc(OC)c3C2=O)[C@H](C)CC1=O)c1ccc(-c2ccccc2C(=O)O)o1. The van der Waals surface area contributed by atoms with Crippen molar-refractivity contribution in [3.63, 3.8) is 0 Å². The summed E-state index contributed by atoms with van der Waals surface area (Å²) in [6.45, 7) is 1.58. The number of esters is 1. The van der Waals surface area contributed by atoms with Crippen LogP contribution in [0.5, 0.6) is 17.2 Å². The minimum absolute atomic E-state index is 0.0270. The van der Waals surface area contributed by atoms with Gasteiger partial charge in [0.05, 0.1) is 39.2 Å². The zero-order valence-electron chi connectivity index (χ0n) is 23.6. The van der Waals surface area contributed by atoms with E-state index in [0.717, 1.165) is 0 Å². The Balaban J connectivity index is 1.69. The zero-order valence-corrected chi connectivity index (χ0v) is 24.3. The lowest BCUT2D eigenvalue weighted by Crippen LogP contribution is -2.53. The van der Waals surface area contributed by atoms with Crippen LogP contribution in [-0.4, -0.2) is 60.6 Å². The molecule has 5 rings (SSSR count). The number of ether oxygens (including phenoxy) is 4. The standard InChI is InChI=1S/C31H27ClO11/c1-14-11-18(33)24(28(35)31(14)29(36)25-21(39-2)13-22(40-3)26(32)27(25)43-31)17(12-23(34)41-4)20-10-9-19(42-20)15-7-5-6-8-16(15)30(37)38/h5-10,13-14,17,35H,11-12H2,1-4H3,(H,37,38)/t14-,17-,31+/m1/s1. The Kier molecular flexibility index (Phi) is 7.70. The van der Waals surface area contributed by atoms with Crippen LogP contribution in [0.2, 0.25) is 5.02 Å². The molecule has 2 heterocycles. The summed E-state index contributed by atoms with van der Waals surface area (Å²) in [5.41, 5.74) is -2.15. The molecule has 1 aliphatic carbocycles. The molecule has 0 saturated carbocycles. The second-order valence-electron chi connectivity index (χ2n) is 10.1. The average Bonchev–Trinajstić information content (AvgIpc) is 3.60. The molecule has 2 aliphatic rings. The van der Waals surface area contributed by atoms with E-state index in [9.17, 15) is 29.4 Å². The van der Waals surface area contributed by atoms with Crippen LogP contribution in [0.3, 0.4) is 0 Å². The molecule has 11 nitrogen and oxygen atoms in total. The van der Waals surface area contributed by atoms with Gasteiger partial charge in [-0.15, -0.1) is 0 Å². The number of carbonyl (C=O) groups excluding carboxylic acids is 3. The Morgan fingerprint density at radius 3 is 2.44 bits per heavy atom. The Bertz CT molecular complexity index is 1700.